The lowest BCUT2D eigenvalue weighted by Crippen LogP contribution is -2.02. The van der Waals surface area contributed by atoms with E-state index in [1.807, 2.05) is 12.3 Å². The van der Waals surface area contributed by atoms with Gasteiger partial charge < -0.3 is 9.47 Å². The van der Waals surface area contributed by atoms with Gasteiger partial charge in [-0.2, -0.15) is 0 Å². The number of para-hydroxylation sites is 1. The number of rotatable bonds is 7. The molecule has 0 unspecified atom stereocenters. The highest BCUT2D eigenvalue weighted by atomic mass is 32.1. The molecule has 0 bridgehead atoms. The van der Waals surface area contributed by atoms with Crippen LogP contribution in [0.15, 0.2) is 23.6 Å². The van der Waals surface area contributed by atoms with Gasteiger partial charge in [-0.1, -0.05) is 19.9 Å². The number of thiazole rings is 1. The molecule has 2 aromatic rings. The predicted octanol–water partition coefficient (Wildman–Crippen LogP) is 4.06. The lowest BCUT2D eigenvalue weighted by molar-refractivity contribution is 0.111. The summed E-state index contributed by atoms with van der Waals surface area (Å²) in [6.07, 6.45) is 0.776. The van der Waals surface area contributed by atoms with Crippen LogP contribution in [0, 0.1) is 0 Å². The summed E-state index contributed by atoms with van der Waals surface area (Å²) in [6, 6.07) is 5.29. The molecule has 1 aromatic carbocycles. The molecule has 0 saturated heterocycles. The van der Waals surface area contributed by atoms with Crippen molar-refractivity contribution in [1.82, 2.24) is 4.98 Å². The van der Waals surface area contributed by atoms with Crippen LogP contribution in [0.2, 0.25) is 0 Å². The average Bonchev–Trinajstić information content (AvgIpc) is 2.95. The fourth-order valence-electron chi connectivity index (χ4n) is 1.85. The van der Waals surface area contributed by atoms with Crippen molar-refractivity contribution in [3.05, 3.63) is 39.8 Å². The van der Waals surface area contributed by atoms with E-state index in [-0.39, 0.29) is 0 Å². The van der Waals surface area contributed by atoms with Crippen molar-refractivity contribution < 1.29 is 14.3 Å². The van der Waals surface area contributed by atoms with E-state index in [2.05, 4.69) is 18.8 Å². The summed E-state index contributed by atoms with van der Waals surface area (Å²) in [5.74, 6) is 1.47. The third-order valence-corrected chi connectivity index (χ3v) is 4.06. The number of nitrogens with zero attached hydrogens (tertiary/aromatic N) is 1. The first kappa shape index (κ1) is 15.5. The van der Waals surface area contributed by atoms with Gasteiger partial charge in [0, 0.05) is 11.3 Å². The van der Waals surface area contributed by atoms with Crippen LogP contribution in [0.3, 0.4) is 0 Å². The number of benzene rings is 1. The maximum Gasteiger partial charge on any atom is 0.172 e. The quantitative estimate of drug-likeness (QED) is 0.724. The van der Waals surface area contributed by atoms with Crippen LogP contribution in [0.4, 0.5) is 0 Å². The molecule has 0 aliphatic carbocycles. The van der Waals surface area contributed by atoms with Crippen molar-refractivity contribution in [3.63, 3.8) is 0 Å². The van der Waals surface area contributed by atoms with E-state index in [0.29, 0.717) is 36.2 Å². The van der Waals surface area contributed by atoms with Crippen molar-refractivity contribution in [2.75, 3.05) is 6.61 Å². The zero-order chi connectivity index (χ0) is 15.2. The maximum atomic E-state index is 11.1. The number of ether oxygens (including phenoxy) is 2. The van der Waals surface area contributed by atoms with Crippen molar-refractivity contribution in [2.24, 2.45) is 0 Å². The van der Waals surface area contributed by atoms with E-state index < -0.39 is 0 Å². The molecule has 0 fully saturated rings. The average molecular weight is 305 g/mol. The number of hydrogen-bond acceptors (Lipinski definition) is 5. The first-order chi connectivity index (χ1) is 10.2. The molecule has 0 aliphatic heterocycles. The van der Waals surface area contributed by atoms with Crippen LogP contribution in [0.5, 0.6) is 11.5 Å². The SMILES string of the molecule is CCOc1cccc(C=O)c1OCc1csc(C(C)C)n1. The van der Waals surface area contributed by atoms with Gasteiger partial charge in [-0.15, -0.1) is 11.3 Å². The molecule has 1 aromatic heterocycles. The van der Waals surface area contributed by atoms with Gasteiger partial charge in [0.1, 0.15) is 6.61 Å². The van der Waals surface area contributed by atoms with Crippen molar-refractivity contribution in [1.29, 1.82) is 0 Å². The molecule has 0 atom stereocenters. The first-order valence-corrected chi connectivity index (χ1v) is 7.81. The molecule has 0 amide bonds. The molecule has 0 saturated carbocycles. The smallest absolute Gasteiger partial charge is 0.172 e. The second-order valence-electron chi connectivity index (χ2n) is 4.85. The van der Waals surface area contributed by atoms with Crippen molar-refractivity contribution in [3.8, 4) is 11.5 Å². The molecule has 4 nitrogen and oxygen atoms in total. The molecular formula is C16H19NO3S. The van der Waals surface area contributed by atoms with E-state index in [0.717, 1.165) is 17.0 Å². The molecule has 0 N–H and O–H groups in total. The van der Waals surface area contributed by atoms with Gasteiger partial charge in [-0.25, -0.2) is 4.98 Å². The summed E-state index contributed by atoms with van der Waals surface area (Å²) >= 11 is 1.63. The van der Waals surface area contributed by atoms with E-state index in [9.17, 15) is 4.79 Å². The van der Waals surface area contributed by atoms with Crippen molar-refractivity contribution in [2.45, 2.75) is 33.3 Å². The minimum atomic E-state index is 0.328. The molecule has 112 valence electrons. The molecular weight excluding hydrogens is 286 g/mol. The summed E-state index contributed by atoms with van der Waals surface area (Å²) in [7, 11) is 0. The highest BCUT2D eigenvalue weighted by Crippen LogP contribution is 2.31. The Morgan fingerprint density at radius 2 is 2.14 bits per heavy atom. The zero-order valence-electron chi connectivity index (χ0n) is 12.5. The Kier molecular flexibility index (Phi) is 5.33. The van der Waals surface area contributed by atoms with Gasteiger partial charge in [0.15, 0.2) is 17.8 Å². The normalized spacial score (nSPS) is 10.7. The minimum absolute atomic E-state index is 0.328. The summed E-state index contributed by atoms with van der Waals surface area (Å²) in [5.41, 5.74) is 1.35. The standard InChI is InChI=1S/C16H19NO3S/c1-4-19-14-7-5-6-12(8-18)15(14)20-9-13-10-21-16(17-13)11(2)3/h5-8,10-11H,4,9H2,1-3H3. The van der Waals surface area contributed by atoms with Crippen LogP contribution in [0.1, 0.15) is 47.7 Å². The number of hydrogen-bond donors (Lipinski definition) is 0. The zero-order valence-corrected chi connectivity index (χ0v) is 13.3. The second kappa shape index (κ2) is 7.22. The summed E-state index contributed by atoms with van der Waals surface area (Å²) < 4.78 is 11.3. The van der Waals surface area contributed by atoms with E-state index in [1.54, 1.807) is 29.5 Å². The Labute approximate surface area is 128 Å². The molecule has 1 heterocycles. The Balaban J connectivity index is 2.16. The van der Waals surface area contributed by atoms with Gasteiger partial charge in [0.05, 0.1) is 22.9 Å². The van der Waals surface area contributed by atoms with Gasteiger partial charge >= 0.3 is 0 Å². The highest BCUT2D eigenvalue weighted by molar-refractivity contribution is 7.09. The van der Waals surface area contributed by atoms with Crippen LogP contribution >= 0.6 is 11.3 Å². The number of carbonyl (C=O) groups is 1. The number of aromatic nitrogens is 1. The topological polar surface area (TPSA) is 48.4 Å². The molecule has 2 rings (SSSR count). The fourth-order valence-corrected chi connectivity index (χ4v) is 2.67. The lowest BCUT2D eigenvalue weighted by Gasteiger charge is -2.12. The van der Waals surface area contributed by atoms with Crippen LogP contribution < -0.4 is 9.47 Å². The van der Waals surface area contributed by atoms with Crippen LogP contribution in [-0.2, 0) is 6.61 Å². The van der Waals surface area contributed by atoms with Gasteiger partial charge in [-0.3, -0.25) is 4.79 Å². The van der Waals surface area contributed by atoms with Crippen LogP contribution in [0.25, 0.3) is 0 Å². The second-order valence-corrected chi connectivity index (χ2v) is 5.74. The minimum Gasteiger partial charge on any atom is -0.490 e. The third-order valence-electron chi connectivity index (χ3n) is 2.86. The fraction of sp³-hybridized carbons (Fsp3) is 0.375. The third kappa shape index (κ3) is 3.82. The summed E-state index contributed by atoms with van der Waals surface area (Å²) in [4.78, 5) is 15.7. The van der Waals surface area contributed by atoms with E-state index in [1.165, 1.54) is 0 Å². The van der Waals surface area contributed by atoms with Crippen LogP contribution in [-0.4, -0.2) is 17.9 Å². The molecule has 0 spiro atoms. The van der Waals surface area contributed by atoms with Gasteiger partial charge in [0.25, 0.3) is 0 Å². The highest BCUT2D eigenvalue weighted by Gasteiger charge is 2.12. The van der Waals surface area contributed by atoms with E-state index in [4.69, 9.17) is 9.47 Å². The largest absolute Gasteiger partial charge is 0.490 e. The Hall–Kier alpha value is -1.88. The maximum absolute atomic E-state index is 11.1. The molecule has 21 heavy (non-hydrogen) atoms. The molecule has 5 heteroatoms. The Morgan fingerprint density at radius 1 is 1.33 bits per heavy atom. The number of aldehydes is 1. The molecule has 0 radical (unpaired) electrons. The predicted molar refractivity (Wildman–Crippen MR) is 83.5 cm³/mol. The van der Waals surface area contributed by atoms with E-state index >= 15 is 0 Å². The number of carbonyl (C=O) groups excluding carboxylic acids is 1. The monoisotopic (exact) mass is 305 g/mol. The van der Waals surface area contributed by atoms with Crippen molar-refractivity contribution >= 4 is 17.6 Å². The van der Waals surface area contributed by atoms with Gasteiger partial charge in [0.2, 0.25) is 0 Å². The Bertz CT molecular complexity index is 607. The Morgan fingerprint density at radius 3 is 2.76 bits per heavy atom. The molecule has 0 aliphatic rings. The van der Waals surface area contributed by atoms with Gasteiger partial charge in [-0.05, 0) is 19.1 Å². The first-order valence-electron chi connectivity index (χ1n) is 6.93. The lowest BCUT2D eigenvalue weighted by atomic mass is 10.2. The summed E-state index contributed by atoms with van der Waals surface area (Å²) in [6.45, 7) is 6.96. The summed E-state index contributed by atoms with van der Waals surface area (Å²) in [5, 5.41) is 3.07.